The summed E-state index contributed by atoms with van der Waals surface area (Å²) in [5.41, 5.74) is 2.02. The van der Waals surface area contributed by atoms with Gasteiger partial charge >= 0.3 is 0 Å². The first-order valence-corrected chi connectivity index (χ1v) is 9.61. The van der Waals surface area contributed by atoms with E-state index in [0.717, 1.165) is 16.3 Å². The van der Waals surface area contributed by atoms with Gasteiger partial charge in [0, 0.05) is 36.8 Å². The molecule has 0 atom stereocenters. The van der Waals surface area contributed by atoms with Crippen molar-refractivity contribution in [3.05, 3.63) is 69.6 Å². The van der Waals surface area contributed by atoms with Gasteiger partial charge in [-0.05, 0) is 31.5 Å². The molecule has 0 aliphatic carbocycles. The third kappa shape index (κ3) is 5.50. The van der Waals surface area contributed by atoms with Crippen LogP contribution in [0.2, 0.25) is 0 Å². The molecule has 0 amide bonds. The van der Waals surface area contributed by atoms with E-state index in [9.17, 15) is 4.39 Å². The highest BCUT2D eigenvalue weighted by atomic mass is 32.1. The van der Waals surface area contributed by atoms with Gasteiger partial charge in [0.05, 0.1) is 17.2 Å². The molecule has 3 aromatic rings. The van der Waals surface area contributed by atoms with Crippen molar-refractivity contribution in [1.29, 1.82) is 0 Å². The molecule has 0 unspecified atom stereocenters. The quantitative estimate of drug-likeness (QED) is 0.485. The third-order valence-electron chi connectivity index (χ3n) is 3.92. The number of aliphatic imine (C=N–C) groups is 1. The number of aryl methyl sites for hydroxylation is 2. The van der Waals surface area contributed by atoms with E-state index in [4.69, 9.17) is 4.74 Å². The van der Waals surface area contributed by atoms with Gasteiger partial charge in [-0.15, -0.1) is 11.3 Å². The fourth-order valence-electron chi connectivity index (χ4n) is 2.53. The summed E-state index contributed by atoms with van der Waals surface area (Å²) in [4.78, 5) is 14.1. The molecule has 0 aliphatic rings. The van der Waals surface area contributed by atoms with Crippen molar-refractivity contribution in [3.8, 4) is 11.6 Å². The number of nitrogens with one attached hydrogen (secondary N) is 2. The number of nitrogens with zero attached hydrogens (tertiary/aromatic N) is 3. The van der Waals surface area contributed by atoms with E-state index in [0.29, 0.717) is 30.7 Å². The van der Waals surface area contributed by atoms with Gasteiger partial charge in [0.15, 0.2) is 5.96 Å². The molecule has 0 bridgehead atoms. The summed E-state index contributed by atoms with van der Waals surface area (Å²) in [6, 6.07) is 9.62. The maximum atomic E-state index is 13.2. The highest BCUT2D eigenvalue weighted by molar-refractivity contribution is 7.11. The van der Waals surface area contributed by atoms with Gasteiger partial charge in [-0.25, -0.2) is 14.4 Å². The average molecular weight is 399 g/mol. The van der Waals surface area contributed by atoms with Gasteiger partial charge < -0.3 is 15.4 Å². The molecule has 0 fully saturated rings. The molecule has 0 radical (unpaired) electrons. The SMILES string of the molecule is CN=C(NCc1ccc(Oc2cccc(F)c2)nc1)NCc1sc(C)nc1C. The van der Waals surface area contributed by atoms with Crippen LogP contribution in [0.1, 0.15) is 21.1 Å². The Morgan fingerprint density at radius 1 is 1.18 bits per heavy atom. The van der Waals surface area contributed by atoms with Crippen LogP contribution in [-0.2, 0) is 13.1 Å². The Hall–Kier alpha value is -3.00. The Balaban J connectivity index is 1.51. The van der Waals surface area contributed by atoms with Crippen LogP contribution in [0.15, 0.2) is 47.6 Å². The minimum Gasteiger partial charge on any atom is -0.439 e. The number of halogens is 1. The molecule has 28 heavy (non-hydrogen) atoms. The van der Waals surface area contributed by atoms with Crippen LogP contribution in [0.4, 0.5) is 4.39 Å². The predicted molar refractivity (Wildman–Crippen MR) is 109 cm³/mol. The van der Waals surface area contributed by atoms with E-state index in [1.807, 2.05) is 19.9 Å². The van der Waals surface area contributed by atoms with Crippen molar-refractivity contribution in [2.75, 3.05) is 7.05 Å². The zero-order chi connectivity index (χ0) is 19.9. The van der Waals surface area contributed by atoms with E-state index in [1.165, 1.54) is 17.0 Å². The van der Waals surface area contributed by atoms with Gasteiger partial charge in [0.2, 0.25) is 5.88 Å². The number of pyridine rings is 1. The molecule has 146 valence electrons. The largest absolute Gasteiger partial charge is 0.439 e. The molecule has 0 spiro atoms. The molecule has 2 N–H and O–H groups in total. The number of benzene rings is 1. The maximum absolute atomic E-state index is 13.2. The smallest absolute Gasteiger partial charge is 0.219 e. The van der Waals surface area contributed by atoms with Gasteiger partial charge in [0.1, 0.15) is 11.6 Å². The molecular formula is C20H22FN5OS. The van der Waals surface area contributed by atoms with Gasteiger partial charge in [-0.1, -0.05) is 12.1 Å². The van der Waals surface area contributed by atoms with E-state index in [1.54, 1.807) is 42.8 Å². The lowest BCUT2D eigenvalue weighted by Gasteiger charge is -2.12. The number of rotatable bonds is 6. The maximum Gasteiger partial charge on any atom is 0.219 e. The molecule has 0 saturated heterocycles. The Morgan fingerprint density at radius 3 is 2.64 bits per heavy atom. The Morgan fingerprint density at radius 2 is 2.00 bits per heavy atom. The van der Waals surface area contributed by atoms with Crippen LogP contribution in [0, 0.1) is 19.7 Å². The van der Waals surface area contributed by atoms with Gasteiger partial charge in [0.25, 0.3) is 0 Å². The lowest BCUT2D eigenvalue weighted by Crippen LogP contribution is -2.36. The Bertz CT molecular complexity index is 955. The average Bonchev–Trinajstić information content (AvgIpc) is 3.00. The monoisotopic (exact) mass is 399 g/mol. The summed E-state index contributed by atoms with van der Waals surface area (Å²) >= 11 is 1.68. The molecule has 1 aromatic carbocycles. The molecule has 3 rings (SSSR count). The second kappa shape index (κ2) is 9.27. The lowest BCUT2D eigenvalue weighted by atomic mass is 10.3. The fourth-order valence-corrected chi connectivity index (χ4v) is 3.41. The second-order valence-corrected chi connectivity index (χ2v) is 7.37. The lowest BCUT2D eigenvalue weighted by molar-refractivity contribution is 0.457. The summed E-state index contributed by atoms with van der Waals surface area (Å²) in [5.74, 6) is 1.18. The summed E-state index contributed by atoms with van der Waals surface area (Å²) in [6.07, 6.45) is 1.71. The van der Waals surface area contributed by atoms with Crippen molar-refractivity contribution < 1.29 is 9.13 Å². The molecule has 2 aromatic heterocycles. The normalized spacial score (nSPS) is 11.4. The van der Waals surface area contributed by atoms with Gasteiger partial charge in [-0.3, -0.25) is 4.99 Å². The first kappa shape index (κ1) is 19.8. The van der Waals surface area contributed by atoms with Crippen LogP contribution in [0.5, 0.6) is 11.6 Å². The van der Waals surface area contributed by atoms with Crippen molar-refractivity contribution in [2.45, 2.75) is 26.9 Å². The van der Waals surface area contributed by atoms with Crippen molar-refractivity contribution in [1.82, 2.24) is 20.6 Å². The molecule has 2 heterocycles. The van der Waals surface area contributed by atoms with E-state index >= 15 is 0 Å². The van der Waals surface area contributed by atoms with Crippen molar-refractivity contribution in [2.24, 2.45) is 4.99 Å². The first-order valence-electron chi connectivity index (χ1n) is 8.79. The summed E-state index contributed by atoms with van der Waals surface area (Å²) < 4.78 is 18.8. The third-order valence-corrected chi connectivity index (χ3v) is 4.99. The molecule has 8 heteroatoms. The summed E-state index contributed by atoms with van der Waals surface area (Å²) in [6.45, 7) is 5.25. The zero-order valence-corrected chi connectivity index (χ0v) is 16.8. The molecule has 0 aliphatic heterocycles. The first-order chi connectivity index (χ1) is 13.5. The standard InChI is InChI=1S/C20H22FN5OS/c1-13-18(28-14(2)26-13)12-25-20(22-3)24-11-15-7-8-19(23-10-15)27-17-6-4-5-16(21)9-17/h4-10H,11-12H2,1-3H3,(H2,22,24,25). The predicted octanol–water partition coefficient (Wildman–Crippen LogP) is 3.95. The highest BCUT2D eigenvalue weighted by Gasteiger charge is 2.06. The van der Waals surface area contributed by atoms with E-state index in [-0.39, 0.29) is 5.82 Å². The second-order valence-electron chi connectivity index (χ2n) is 6.08. The topological polar surface area (TPSA) is 71.4 Å². The van der Waals surface area contributed by atoms with Crippen LogP contribution in [0.25, 0.3) is 0 Å². The summed E-state index contributed by atoms with van der Waals surface area (Å²) in [5, 5.41) is 7.60. The van der Waals surface area contributed by atoms with E-state index < -0.39 is 0 Å². The van der Waals surface area contributed by atoms with Crippen LogP contribution in [0.3, 0.4) is 0 Å². The summed E-state index contributed by atoms with van der Waals surface area (Å²) in [7, 11) is 1.73. The number of aromatic nitrogens is 2. The number of guanidine groups is 1. The van der Waals surface area contributed by atoms with Crippen LogP contribution >= 0.6 is 11.3 Å². The Kier molecular flexibility index (Phi) is 6.54. The number of thiazole rings is 1. The number of hydrogen-bond acceptors (Lipinski definition) is 5. The fraction of sp³-hybridized carbons (Fsp3) is 0.250. The van der Waals surface area contributed by atoms with Gasteiger partial charge in [-0.2, -0.15) is 0 Å². The van der Waals surface area contributed by atoms with E-state index in [2.05, 4.69) is 25.6 Å². The Labute approximate surface area is 167 Å². The molecular weight excluding hydrogens is 377 g/mol. The molecule has 6 nitrogen and oxygen atoms in total. The number of hydrogen-bond donors (Lipinski definition) is 2. The highest BCUT2D eigenvalue weighted by Crippen LogP contribution is 2.20. The van der Waals surface area contributed by atoms with Crippen molar-refractivity contribution >= 4 is 17.3 Å². The minimum atomic E-state index is -0.346. The minimum absolute atomic E-state index is 0.346. The van der Waals surface area contributed by atoms with Crippen LogP contribution < -0.4 is 15.4 Å². The van der Waals surface area contributed by atoms with Crippen molar-refractivity contribution in [3.63, 3.8) is 0 Å². The number of ether oxygens (including phenoxy) is 1. The zero-order valence-electron chi connectivity index (χ0n) is 16.0. The molecule has 0 saturated carbocycles. The van der Waals surface area contributed by atoms with Crippen LogP contribution in [-0.4, -0.2) is 23.0 Å².